The number of hydrogen-bond acceptors (Lipinski definition) is 3. The van der Waals surface area contributed by atoms with E-state index in [2.05, 4.69) is 5.32 Å². The monoisotopic (exact) mass is 385 g/mol. The van der Waals surface area contributed by atoms with Gasteiger partial charge in [-0.3, -0.25) is 0 Å². The molecule has 0 spiro atoms. The Bertz CT molecular complexity index is 918. The highest BCUT2D eigenvalue weighted by molar-refractivity contribution is 7.89. The summed E-state index contributed by atoms with van der Waals surface area (Å²) in [7, 11) is -3.51. The van der Waals surface area contributed by atoms with Gasteiger partial charge in [0, 0.05) is 32.4 Å². The topological polar surface area (TPSA) is 69.7 Å². The van der Waals surface area contributed by atoms with Crippen molar-refractivity contribution in [3.05, 3.63) is 71.9 Å². The molecule has 0 unspecified atom stereocenters. The van der Waals surface area contributed by atoms with Crippen molar-refractivity contribution in [2.75, 3.05) is 26.2 Å². The third kappa shape index (κ3) is 4.75. The minimum absolute atomic E-state index is 0.226. The van der Waals surface area contributed by atoms with E-state index in [4.69, 9.17) is 0 Å². The lowest BCUT2D eigenvalue weighted by molar-refractivity contribution is 0.175. The molecule has 6 nitrogen and oxygen atoms in total. The average Bonchev–Trinajstić information content (AvgIpc) is 2.69. The third-order valence-electron chi connectivity index (χ3n) is 4.43. The number of carbonyl (C=O) groups is 1. The molecule has 0 aliphatic carbocycles. The second kappa shape index (κ2) is 8.37. The first-order chi connectivity index (χ1) is 13.0. The molecule has 1 saturated heterocycles. The molecule has 142 valence electrons. The fraction of sp³-hybridized carbons (Fsp3) is 0.250. The van der Waals surface area contributed by atoms with Crippen LogP contribution in [0.3, 0.4) is 0 Å². The second-order valence-electron chi connectivity index (χ2n) is 6.40. The Morgan fingerprint density at radius 2 is 1.70 bits per heavy atom. The highest BCUT2D eigenvalue weighted by atomic mass is 32.2. The number of hydrogen-bond donors (Lipinski definition) is 1. The van der Waals surface area contributed by atoms with E-state index in [1.807, 2.05) is 37.3 Å². The van der Waals surface area contributed by atoms with Gasteiger partial charge in [0.05, 0.1) is 4.90 Å². The SMILES string of the molecule is Cc1cccc(/C=C/NC(=O)N2CCN(S(=O)(=O)c3ccccc3)CC2)c1. The number of aryl methyl sites for hydroxylation is 1. The van der Waals surface area contributed by atoms with E-state index in [-0.39, 0.29) is 24.0 Å². The molecule has 0 saturated carbocycles. The van der Waals surface area contributed by atoms with E-state index in [0.29, 0.717) is 13.1 Å². The number of rotatable bonds is 4. The number of nitrogens with one attached hydrogen (secondary N) is 1. The van der Waals surface area contributed by atoms with Gasteiger partial charge < -0.3 is 10.2 Å². The molecule has 0 atom stereocenters. The number of amides is 2. The lowest BCUT2D eigenvalue weighted by Crippen LogP contribution is -2.52. The molecule has 2 aromatic rings. The van der Waals surface area contributed by atoms with Crippen molar-refractivity contribution in [3.63, 3.8) is 0 Å². The van der Waals surface area contributed by atoms with Crippen molar-refractivity contribution in [1.29, 1.82) is 0 Å². The van der Waals surface area contributed by atoms with Crippen molar-refractivity contribution in [2.24, 2.45) is 0 Å². The summed E-state index contributed by atoms with van der Waals surface area (Å²) < 4.78 is 26.7. The Labute approximate surface area is 160 Å². The van der Waals surface area contributed by atoms with Crippen LogP contribution in [0.4, 0.5) is 4.79 Å². The van der Waals surface area contributed by atoms with Crippen LogP contribution < -0.4 is 5.32 Å². The molecular weight excluding hydrogens is 362 g/mol. The van der Waals surface area contributed by atoms with Gasteiger partial charge in [0.25, 0.3) is 0 Å². The summed E-state index contributed by atoms with van der Waals surface area (Å²) in [6.45, 7) is 3.30. The molecule has 3 rings (SSSR count). The summed E-state index contributed by atoms with van der Waals surface area (Å²) in [6, 6.07) is 16.1. The lowest BCUT2D eigenvalue weighted by Gasteiger charge is -2.33. The smallest absolute Gasteiger partial charge is 0.321 e. The van der Waals surface area contributed by atoms with Crippen LogP contribution in [0.1, 0.15) is 11.1 Å². The largest absolute Gasteiger partial charge is 0.322 e. The number of benzene rings is 2. The van der Waals surface area contributed by atoms with E-state index >= 15 is 0 Å². The van der Waals surface area contributed by atoms with E-state index in [1.54, 1.807) is 41.4 Å². The van der Waals surface area contributed by atoms with Crippen molar-refractivity contribution in [3.8, 4) is 0 Å². The van der Waals surface area contributed by atoms with Crippen LogP contribution in [0.25, 0.3) is 6.08 Å². The van der Waals surface area contributed by atoms with E-state index in [0.717, 1.165) is 11.1 Å². The molecule has 0 radical (unpaired) electrons. The molecule has 0 bridgehead atoms. The van der Waals surface area contributed by atoms with E-state index in [9.17, 15) is 13.2 Å². The maximum Gasteiger partial charge on any atom is 0.321 e. The molecule has 1 fully saturated rings. The highest BCUT2D eigenvalue weighted by Gasteiger charge is 2.29. The van der Waals surface area contributed by atoms with Crippen molar-refractivity contribution in [2.45, 2.75) is 11.8 Å². The summed E-state index contributed by atoms with van der Waals surface area (Å²) in [6.07, 6.45) is 3.45. The summed E-state index contributed by atoms with van der Waals surface area (Å²) in [5, 5.41) is 2.74. The third-order valence-corrected chi connectivity index (χ3v) is 6.34. The Hall–Kier alpha value is -2.64. The van der Waals surface area contributed by atoms with Gasteiger partial charge in [-0.1, -0.05) is 48.0 Å². The zero-order valence-corrected chi connectivity index (χ0v) is 16.0. The molecule has 7 heteroatoms. The fourth-order valence-corrected chi connectivity index (χ4v) is 4.39. The van der Waals surface area contributed by atoms with E-state index in [1.165, 1.54) is 4.31 Å². The molecule has 2 aromatic carbocycles. The molecule has 2 amide bonds. The number of piperazine rings is 1. The minimum atomic E-state index is -3.51. The van der Waals surface area contributed by atoms with Gasteiger partial charge in [0.15, 0.2) is 0 Å². The molecule has 0 aromatic heterocycles. The summed E-state index contributed by atoms with van der Waals surface area (Å²) in [5.74, 6) is 0. The molecule has 1 heterocycles. The van der Waals surface area contributed by atoms with Gasteiger partial charge in [-0.2, -0.15) is 4.31 Å². The predicted molar refractivity (Wildman–Crippen MR) is 106 cm³/mol. The Kier molecular flexibility index (Phi) is 5.93. The number of carbonyl (C=O) groups excluding carboxylic acids is 1. The van der Waals surface area contributed by atoms with Crippen LogP contribution in [-0.4, -0.2) is 49.8 Å². The zero-order chi connectivity index (χ0) is 19.3. The quantitative estimate of drug-likeness (QED) is 0.880. The zero-order valence-electron chi connectivity index (χ0n) is 15.2. The Morgan fingerprint density at radius 1 is 1.00 bits per heavy atom. The molecule has 27 heavy (non-hydrogen) atoms. The van der Waals surface area contributed by atoms with Crippen LogP contribution in [-0.2, 0) is 10.0 Å². The number of sulfonamides is 1. The van der Waals surface area contributed by atoms with Gasteiger partial charge in [0.1, 0.15) is 0 Å². The number of nitrogens with zero attached hydrogens (tertiary/aromatic N) is 2. The predicted octanol–water partition coefficient (Wildman–Crippen LogP) is 2.68. The first kappa shape index (κ1) is 19.1. The Morgan fingerprint density at radius 3 is 2.37 bits per heavy atom. The Balaban J connectivity index is 1.53. The van der Waals surface area contributed by atoms with Gasteiger partial charge in [-0.25, -0.2) is 13.2 Å². The first-order valence-electron chi connectivity index (χ1n) is 8.81. The fourth-order valence-electron chi connectivity index (χ4n) is 2.95. The maximum absolute atomic E-state index is 12.6. The standard InChI is InChI=1S/C20H23N3O3S/c1-17-6-5-7-18(16-17)10-11-21-20(24)22-12-14-23(15-13-22)27(25,26)19-8-3-2-4-9-19/h2-11,16H,12-15H2,1H3,(H,21,24)/b11-10+. The first-order valence-corrected chi connectivity index (χ1v) is 10.2. The molecule has 1 aliphatic heterocycles. The van der Waals surface area contributed by atoms with Crippen molar-refractivity contribution >= 4 is 22.1 Å². The highest BCUT2D eigenvalue weighted by Crippen LogP contribution is 2.17. The van der Waals surface area contributed by atoms with Crippen molar-refractivity contribution < 1.29 is 13.2 Å². The van der Waals surface area contributed by atoms with Gasteiger partial charge >= 0.3 is 6.03 Å². The van der Waals surface area contributed by atoms with Crippen LogP contribution in [0.15, 0.2) is 65.7 Å². The normalized spacial score (nSPS) is 15.8. The summed E-state index contributed by atoms with van der Waals surface area (Å²) in [5.41, 5.74) is 2.16. The van der Waals surface area contributed by atoms with Crippen LogP contribution in [0.5, 0.6) is 0 Å². The lowest BCUT2D eigenvalue weighted by atomic mass is 10.1. The van der Waals surface area contributed by atoms with E-state index < -0.39 is 10.0 Å². The second-order valence-corrected chi connectivity index (χ2v) is 8.34. The van der Waals surface area contributed by atoms with Gasteiger partial charge in [0.2, 0.25) is 10.0 Å². The minimum Gasteiger partial charge on any atom is -0.322 e. The summed E-state index contributed by atoms with van der Waals surface area (Å²) in [4.78, 5) is 14.2. The van der Waals surface area contributed by atoms with Gasteiger partial charge in [-0.05, 0) is 30.7 Å². The van der Waals surface area contributed by atoms with Crippen molar-refractivity contribution in [1.82, 2.24) is 14.5 Å². The summed E-state index contributed by atoms with van der Waals surface area (Å²) >= 11 is 0. The molecule has 1 aliphatic rings. The number of urea groups is 1. The average molecular weight is 385 g/mol. The molecule has 1 N–H and O–H groups in total. The van der Waals surface area contributed by atoms with Gasteiger partial charge in [-0.15, -0.1) is 0 Å². The molecular formula is C20H23N3O3S. The maximum atomic E-state index is 12.6. The van der Waals surface area contributed by atoms with Crippen LogP contribution >= 0.6 is 0 Å². The van der Waals surface area contributed by atoms with Crippen LogP contribution in [0.2, 0.25) is 0 Å². The van der Waals surface area contributed by atoms with Crippen LogP contribution in [0, 0.1) is 6.92 Å².